The first-order chi connectivity index (χ1) is 17.6. The molecule has 11 heteroatoms. The Kier molecular flexibility index (Phi) is 9.12. The predicted molar refractivity (Wildman–Crippen MR) is 142 cm³/mol. The van der Waals surface area contributed by atoms with E-state index in [9.17, 15) is 4.79 Å². The number of amides is 1. The van der Waals surface area contributed by atoms with E-state index in [4.69, 9.17) is 9.72 Å². The zero-order valence-electron chi connectivity index (χ0n) is 21.5. The average Bonchev–Trinajstić information content (AvgIpc) is 3.36. The van der Waals surface area contributed by atoms with E-state index in [-0.39, 0.29) is 11.9 Å². The third-order valence-electron chi connectivity index (χ3n) is 6.80. The summed E-state index contributed by atoms with van der Waals surface area (Å²) < 4.78 is 7.48. The zero-order chi connectivity index (χ0) is 25.3. The first kappa shape index (κ1) is 25.9. The Labute approximate surface area is 213 Å². The van der Waals surface area contributed by atoms with E-state index in [1.165, 1.54) is 6.08 Å². The van der Waals surface area contributed by atoms with Gasteiger partial charge < -0.3 is 30.1 Å². The Bertz CT molecular complexity index is 1000. The lowest BCUT2D eigenvalue weighted by molar-refractivity contribution is -0.127. The number of piperidine rings is 1. The van der Waals surface area contributed by atoms with Gasteiger partial charge in [0, 0.05) is 45.0 Å². The smallest absolute Gasteiger partial charge is 0.246 e. The number of nitrogens with zero attached hydrogens (tertiary/aromatic N) is 7. The highest BCUT2D eigenvalue weighted by molar-refractivity contribution is 5.87. The van der Waals surface area contributed by atoms with Crippen molar-refractivity contribution in [1.29, 1.82) is 0 Å². The molecule has 0 aliphatic carbocycles. The molecule has 2 aliphatic heterocycles. The first-order valence-corrected chi connectivity index (χ1v) is 13.0. The van der Waals surface area contributed by atoms with Crippen molar-refractivity contribution in [2.75, 3.05) is 74.6 Å². The van der Waals surface area contributed by atoms with Crippen LogP contribution in [0.3, 0.4) is 0 Å². The van der Waals surface area contributed by atoms with Crippen LogP contribution in [0, 0.1) is 0 Å². The van der Waals surface area contributed by atoms with Gasteiger partial charge in [0.25, 0.3) is 0 Å². The van der Waals surface area contributed by atoms with Gasteiger partial charge in [-0.2, -0.15) is 10.1 Å². The van der Waals surface area contributed by atoms with Gasteiger partial charge in [-0.1, -0.05) is 20.4 Å². The number of aromatic nitrogens is 4. The van der Waals surface area contributed by atoms with Crippen molar-refractivity contribution in [3.8, 4) is 0 Å². The molecule has 4 heterocycles. The number of hydrogen-bond donors (Lipinski definition) is 2. The minimum Gasteiger partial charge on any atom is -0.378 e. The predicted octanol–water partition coefficient (Wildman–Crippen LogP) is 2.18. The molecule has 0 saturated carbocycles. The highest BCUT2D eigenvalue weighted by Gasteiger charge is 2.25. The Hall–Kier alpha value is -3.18. The molecule has 0 aromatic carbocycles. The molecule has 4 rings (SSSR count). The van der Waals surface area contributed by atoms with Crippen LogP contribution >= 0.6 is 0 Å². The molecular formula is C25H39N9O2. The van der Waals surface area contributed by atoms with Gasteiger partial charge in [-0.3, -0.25) is 9.48 Å². The molecule has 2 saturated heterocycles. The highest BCUT2D eigenvalue weighted by Crippen LogP contribution is 2.28. The van der Waals surface area contributed by atoms with Crippen LogP contribution < -0.4 is 15.5 Å². The number of likely N-dealkylation sites (tertiary alicyclic amines) is 1. The fraction of sp³-hybridized carbons (Fsp3) is 0.600. The molecule has 1 amide bonds. The number of hydrogen-bond acceptors (Lipinski definition) is 9. The summed E-state index contributed by atoms with van der Waals surface area (Å²) in [6, 6.07) is 0.105. The van der Waals surface area contributed by atoms with E-state index >= 15 is 0 Å². The monoisotopic (exact) mass is 497 g/mol. The van der Waals surface area contributed by atoms with Crippen LogP contribution in [0.2, 0.25) is 0 Å². The number of rotatable bonds is 11. The highest BCUT2D eigenvalue weighted by atomic mass is 16.5. The Morgan fingerprint density at radius 3 is 2.81 bits per heavy atom. The summed E-state index contributed by atoms with van der Waals surface area (Å²) in [4.78, 5) is 28.1. The molecule has 2 aromatic rings. The van der Waals surface area contributed by atoms with E-state index in [1.807, 2.05) is 22.0 Å². The molecular weight excluding hydrogens is 458 g/mol. The summed E-state index contributed by atoms with van der Waals surface area (Å²) in [6.45, 7) is 16.1. The maximum Gasteiger partial charge on any atom is 0.246 e. The fourth-order valence-electron chi connectivity index (χ4n) is 4.66. The van der Waals surface area contributed by atoms with E-state index in [1.54, 1.807) is 6.20 Å². The number of carbonyl (C=O) groups is 1. The molecule has 2 N–H and O–H groups in total. The van der Waals surface area contributed by atoms with Crippen molar-refractivity contribution in [2.45, 2.75) is 39.3 Å². The topological polar surface area (TPSA) is 104 Å². The van der Waals surface area contributed by atoms with Crippen molar-refractivity contribution in [2.24, 2.45) is 0 Å². The van der Waals surface area contributed by atoms with Crippen LogP contribution in [0.5, 0.6) is 0 Å². The Balaban J connectivity index is 1.48. The quantitative estimate of drug-likeness (QED) is 0.452. The number of likely N-dealkylation sites (N-methyl/N-ethyl adjacent to an activating group) is 1. The van der Waals surface area contributed by atoms with Gasteiger partial charge >= 0.3 is 0 Å². The molecule has 2 fully saturated rings. The molecule has 0 spiro atoms. The summed E-state index contributed by atoms with van der Waals surface area (Å²) >= 11 is 0. The SMILES string of the molecule is C=CC(=O)N1CCC[C@H](Nc2nc(Nc3cnn(CCN(CC)CC)c3)ncc2N2CCOCC2)C1. The van der Waals surface area contributed by atoms with Crippen LogP contribution in [0.25, 0.3) is 0 Å². The fourth-order valence-corrected chi connectivity index (χ4v) is 4.66. The van der Waals surface area contributed by atoms with Gasteiger partial charge in [0.15, 0.2) is 5.82 Å². The second kappa shape index (κ2) is 12.7. The summed E-state index contributed by atoms with van der Waals surface area (Å²) in [5, 5.41) is 11.4. The minimum atomic E-state index is -0.0297. The zero-order valence-corrected chi connectivity index (χ0v) is 21.5. The molecule has 0 radical (unpaired) electrons. The van der Waals surface area contributed by atoms with Gasteiger partial charge in [0.05, 0.1) is 43.5 Å². The van der Waals surface area contributed by atoms with Gasteiger partial charge in [-0.05, 0) is 32.0 Å². The summed E-state index contributed by atoms with van der Waals surface area (Å²) in [5.74, 6) is 1.24. The van der Waals surface area contributed by atoms with Gasteiger partial charge in [0.2, 0.25) is 11.9 Å². The largest absolute Gasteiger partial charge is 0.378 e. The number of carbonyl (C=O) groups excluding carboxylic acids is 1. The van der Waals surface area contributed by atoms with Crippen LogP contribution in [0.15, 0.2) is 31.2 Å². The van der Waals surface area contributed by atoms with Crippen molar-refractivity contribution in [1.82, 2.24) is 29.5 Å². The van der Waals surface area contributed by atoms with Crippen molar-refractivity contribution in [3.05, 3.63) is 31.2 Å². The third kappa shape index (κ3) is 6.73. The molecule has 0 bridgehead atoms. The van der Waals surface area contributed by atoms with E-state index in [0.29, 0.717) is 25.7 Å². The van der Waals surface area contributed by atoms with Crippen molar-refractivity contribution in [3.63, 3.8) is 0 Å². The summed E-state index contributed by atoms with van der Waals surface area (Å²) in [7, 11) is 0. The van der Waals surface area contributed by atoms with Crippen molar-refractivity contribution >= 4 is 29.0 Å². The Morgan fingerprint density at radius 2 is 2.06 bits per heavy atom. The number of ether oxygens (including phenoxy) is 1. The van der Waals surface area contributed by atoms with E-state index in [2.05, 4.69) is 50.9 Å². The van der Waals surface area contributed by atoms with E-state index < -0.39 is 0 Å². The summed E-state index contributed by atoms with van der Waals surface area (Å²) in [6.07, 6.45) is 8.94. The van der Waals surface area contributed by atoms with Gasteiger partial charge in [-0.15, -0.1) is 0 Å². The molecule has 11 nitrogen and oxygen atoms in total. The summed E-state index contributed by atoms with van der Waals surface area (Å²) in [5.41, 5.74) is 1.80. The van der Waals surface area contributed by atoms with Gasteiger partial charge in [-0.25, -0.2) is 4.98 Å². The lowest BCUT2D eigenvalue weighted by Gasteiger charge is -2.35. The molecule has 0 unspecified atom stereocenters. The average molecular weight is 498 g/mol. The first-order valence-electron chi connectivity index (χ1n) is 13.0. The maximum absolute atomic E-state index is 12.2. The standard InChI is InChI=1S/C25H39N9O2/c1-4-23(35)33-9-7-8-20(18-33)28-24-22(32-12-14-36-15-13-32)17-26-25(30-24)29-21-16-27-34(19-21)11-10-31(5-2)6-3/h4,16-17,19-20H,1,5-15,18H2,2-3H3,(H2,26,28,29,30)/t20-/m0/s1. The molecule has 2 aliphatic rings. The molecule has 1 atom stereocenters. The Morgan fingerprint density at radius 1 is 1.25 bits per heavy atom. The van der Waals surface area contributed by atoms with Crippen LogP contribution in [-0.2, 0) is 16.1 Å². The minimum absolute atomic E-state index is 0.0297. The molecule has 2 aromatic heterocycles. The lowest BCUT2D eigenvalue weighted by atomic mass is 10.1. The maximum atomic E-state index is 12.2. The number of anilines is 4. The molecule has 196 valence electrons. The third-order valence-corrected chi connectivity index (χ3v) is 6.80. The second-order valence-electron chi connectivity index (χ2n) is 9.14. The lowest BCUT2D eigenvalue weighted by Crippen LogP contribution is -2.45. The molecule has 36 heavy (non-hydrogen) atoms. The van der Waals surface area contributed by atoms with Gasteiger partial charge in [0.1, 0.15) is 0 Å². The van der Waals surface area contributed by atoms with Crippen LogP contribution in [0.4, 0.5) is 23.1 Å². The number of nitrogens with one attached hydrogen (secondary N) is 2. The normalized spacial score (nSPS) is 18.4. The van der Waals surface area contributed by atoms with Crippen molar-refractivity contribution < 1.29 is 9.53 Å². The van der Waals surface area contributed by atoms with Crippen LogP contribution in [-0.4, -0.2) is 101 Å². The van der Waals surface area contributed by atoms with E-state index in [0.717, 1.165) is 75.8 Å². The number of morpholine rings is 1. The second-order valence-corrected chi connectivity index (χ2v) is 9.14. The van der Waals surface area contributed by atoms with Crippen LogP contribution in [0.1, 0.15) is 26.7 Å².